The molecule has 2 rings (SSSR count). The minimum atomic E-state index is -0.187. The van der Waals surface area contributed by atoms with Gasteiger partial charge in [-0.15, -0.1) is 0 Å². The third kappa shape index (κ3) is 6.24. The Morgan fingerprint density at radius 1 is 1.00 bits per heavy atom. The molecule has 0 fully saturated rings. The van der Waals surface area contributed by atoms with Crippen LogP contribution in [0.4, 0.5) is 5.69 Å². The number of para-hydroxylation sites is 1. The Balaban J connectivity index is 2.04. The predicted molar refractivity (Wildman–Crippen MR) is 111 cm³/mol. The number of hydrogen-bond donors (Lipinski definition) is 2. The van der Waals surface area contributed by atoms with Crippen molar-refractivity contribution in [2.45, 2.75) is 53.0 Å². The van der Waals surface area contributed by atoms with E-state index in [4.69, 9.17) is 0 Å². The fourth-order valence-electron chi connectivity index (χ4n) is 2.98. The molecule has 0 spiro atoms. The van der Waals surface area contributed by atoms with Gasteiger partial charge in [0.25, 0.3) is 5.91 Å². The second-order valence-electron chi connectivity index (χ2n) is 6.95. The number of rotatable bonds is 9. The van der Waals surface area contributed by atoms with Crippen LogP contribution in [-0.4, -0.2) is 11.8 Å². The minimum absolute atomic E-state index is 0.00951. The number of carbonyl (C=O) groups is 2. The van der Waals surface area contributed by atoms with Crippen molar-refractivity contribution < 1.29 is 9.59 Å². The molecule has 0 radical (unpaired) electrons. The standard InChI is InChI=1S/C23H30N2O2/c1-4-6-9-19(5-2)22(26)25-21-11-8-7-10-20(21)23(27)24-16-18-14-12-17(3)13-15-18/h7-8,10-15,19H,4-6,9,16H2,1-3H3,(H,24,27)(H,25,26). The summed E-state index contributed by atoms with van der Waals surface area (Å²) in [7, 11) is 0. The zero-order valence-corrected chi connectivity index (χ0v) is 16.5. The van der Waals surface area contributed by atoms with Crippen molar-refractivity contribution in [3.8, 4) is 0 Å². The normalized spacial score (nSPS) is 11.7. The molecule has 1 unspecified atom stereocenters. The number of benzene rings is 2. The van der Waals surface area contributed by atoms with Gasteiger partial charge in [-0.25, -0.2) is 0 Å². The van der Waals surface area contributed by atoms with Crippen molar-refractivity contribution in [1.82, 2.24) is 5.32 Å². The Morgan fingerprint density at radius 2 is 1.70 bits per heavy atom. The molecule has 0 aliphatic rings. The quantitative estimate of drug-likeness (QED) is 0.650. The van der Waals surface area contributed by atoms with Crippen molar-refractivity contribution in [2.24, 2.45) is 5.92 Å². The zero-order valence-electron chi connectivity index (χ0n) is 16.5. The van der Waals surface area contributed by atoms with Crippen LogP contribution in [0.15, 0.2) is 48.5 Å². The maximum atomic E-state index is 12.6. The first-order valence-corrected chi connectivity index (χ1v) is 9.78. The minimum Gasteiger partial charge on any atom is -0.348 e. The van der Waals surface area contributed by atoms with Gasteiger partial charge in [-0.1, -0.05) is 68.7 Å². The molecule has 0 aromatic heterocycles. The number of aryl methyl sites for hydroxylation is 1. The van der Waals surface area contributed by atoms with E-state index >= 15 is 0 Å². The van der Waals surface area contributed by atoms with E-state index in [1.54, 1.807) is 12.1 Å². The lowest BCUT2D eigenvalue weighted by molar-refractivity contribution is -0.120. The zero-order chi connectivity index (χ0) is 19.6. The fourth-order valence-corrected chi connectivity index (χ4v) is 2.98. The van der Waals surface area contributed by atoms with E-state index in [2.05, 4.69) is 17.6 Å². The fraction of sp³-hybridized carbons (Fsp3) is 0.391. The number of nitrogens with one attached hydrogen (secondary N) is 2. The number of amides is 2. The lowest BCUT2D eigenvalue weighted by Gasteiger charge is -2.16. The van der Waals surface area contributed by atoms with E-state index in [-0.39, 0.29) is 17.7 Å². The molecule has 2 aromatic carbocycles. The Labute approximate surface area is 162 Å². The summed E-state index contributed by atoms with van der Waals surface area (Å²) in [6.07, 6.45) is 3.78. The molecule has 2 amide bonds. The summed E-state index contributed by atoms with van der Waals surface area (Å²) in [6.45, 7) is 6.64. The van der Waals surface area contributed by atoms with Gasteiger partial charge in [-0.3, -0.25) is 9.59 Å². The number of carbonyl (C=O) groups excluding carboxylic acids is 2. The van der Waals surface area contributed by atoms with Gasteiger partial charge in [-0.2, -0.15) is 0 Å². The molecule has 0 saturated heterocycles. The first-order valence-electron chi connectivity index (χ1n) is 9.78. The molecule has 144 valence electrons. The maximum Gasteiger partial charge on any atom is 0.253 e. The van der Waals surface area contributed by atoms with Crippen LogP contribution in [0.3, 0.4) is 0 Å². The van der Waals surface area contributed by atoms with Gasteiger partial charge in [0.05, 0.1) is 11.3 Å². The average molecular weight is 367 g/mol. The largest absolute Gasteiger partial charge is 0.348 e. The lowest BCUT2D eigenvalue weighted by atomic mass is 9.98. The highest BCUT2D eigenvalue weighted by molar-refractivity contribution is 6.04. The highest BCUT2D eigenvalue weighted by atomic mass is 16.2. The molecule has 0 aliphatic carbocycles. The highest BCUT2D eigenvalue weighted by Gasteiger charge is 2.18. The van der Waals surface area contributed by atoms with Gasteiger partial charge >= 0.3 is 0 Å². The predicted octanol–water partition coefficient (Wildman–Crippen LogP) is 5.08. The molecular formula is C23H30N2O2. The molecule has 4 heteroatoms. The van der Waals surface area contributed by atoms with Crippen LogP contribution in [0, 0.1) is 12.8 Å². The summed E-state index contributed by atoms with van der Waals surface area (Å²) in [5.41, 5.74) is 3.29. The highest BCUT2D eigenvalue weighted by Crippen LogP contribution is 2.19. The van der Waals surface area contributed by atoms with Crippen LogP contribution in [0.2, 0.25) is 0 Å². The Kier molecular flexibility index (Phi) is 8.05. The van der Waals surface area contributed by atoms with E-state index < -0.39 is 0 Å². The lowest BCUT2D eigenvalue weighted by Crippen LogP contribution is -2.27. The van der Waals surface area contributed by atoms with Crippen LogP contribution in [0.1, 0.15) is 61.0 Å². The van der Waals surface area contributed by atoms with Crippen molar-refractivity contribution in [2.75, 3.05) is 5.32 Å². The Morgan fingerprint density at radius 3 is 2.37 bits per heavy atom. The molecule has 0 saturated carbocycles. The van der Waals surface area contributed by atoms with Crippen molar-refractivity contribution in [3.63, 3.8) is 0 Å². The molecule has 2 N–H and O–H groups in total. The SMILES string of the molecule is CCCCC(CC)C(=O)Nc1ccccc1C(=O)NCc1ccc(C)cc1. The summed E-state index contributed by atoms with van der Waals surface area (Å²) in [6, 6.07) is 15.2. The topological polar surface area (TPSA) is 58.2 Å². The van der Waals surface area contributed by atoms with E-state index in [9.17, 15) is 9.59 Å². The molecule has 0 bridgehead atoms. The first-order chi connectivity index (χ1) is 13.0. The number of anilines is 1. The second-order valence-corrected chi connectivity index (χ2v) is 6.95. The summed E-state index contributed by atoms with van der Waals surface area (Å²) in [5.74, 6) is -0.216. The van der Waals surface area contributed by atoms with Gasteiger partial charge in [0.1, 0.15) is 0 Å². The maximum absolute atomic E-state index is 12.6. The second kappa shape index (κ2) is 10.5. The van der Waals surface area contributed by atoms with E-state index in [1.807, 2.05) is 50.2 Å². The Hall–Kier alpha value is -2.62. The third-order valence-corrected chi connectivity index (χ3v) is 4.77. The molecule has 0 aliphatic heterocycles. The van der Waals surface area contributed by atoms with Gasteiger partial charge in [0, 0.05) is 12.5 Å². The summed E-state index contributed by atoms with van der Waals surface area (Å²) < 4.78 is 0. The molecule has 0 heterocycles. The van der Waals surface area contributed by atoms with Crippen LogP contribution >= 0.6 is 0 Å². The summed E-state index contributed by atoms with van der Waals surface area (Å²) in [5, 5.41) is 5.89. The van der Waals surface area contributed by atoms with E-state index in [0.717, 1.165) is 31.2 Å². The van der Waals surface area contributed by atoms with Crippen LogP contribution in [0.25, 0.3) is 0 Å². The monoisotopic (exact) mass is 366 g/mol. The number of unbranched alkanes of at least 4 members (excludes halogenated alkanes) is 1. The molecule has 1 atom stereocenters. The van der Waals surface area contributed by atoms with Gasteiger partial charge in [0.2, 0.25) is 5.91 Å². The molecule has 4 nitrogen and oxygen atoms in total. The van der Waals surface area contributed by atoms with E-state index in [1.165, 1.54) is 5.56 Å². The average Bonchev–Trinajstić information content (AvgIpc) is 2.68. The van der Waals surface area contributed by atoms with Gasteiger partial charge in [-0.05, 0) is 37.5 Å². The van der Waals surface area contributed by atoms with Crippen molar-refractivity contribution in [1.29, 1.82) is 0 Å². The van der Waals surface area contributed by atoms with Gasteiger partial charge in [0.15, 0.2) is 0 Å². The summed E-state index contributed by atoms with van der Waals surface area (Å²) >= 11 is 0. The smallest absolute Gasteiger partial charge is 0.253 e. The third-order valence-electron chi connectivity index (χ3n) is 4.77. The van der Waals surface area contributed by atoms with E-state index in [0.29, 0.717) is 17.8 Å². The first kappa shape index (κ1) is 20.7. The molecule has 2 aromatic rings. The van der Waals surface area contributed by atoms with Crippen molar-refractivity contribution in [3.05, 3.63) is 65.2 Å². The summed E-state index contributed by atoms with van der Waals surface area (Å²) in [4.78, 5) is 25.2. The molecule has 27 heavy (non-hydrogen) atoms. The Bertz CT molecular complexity index is 753. The van der Waals surface area contributed by atoms with Crippen LogP contribution in [0.5, 0.6) is 0 Å². The van der Waals surface area contributed by atoms with Crippen molar-refractivity contribution >= 4 is 17.5 Å². The molecular weight excluding hydrogens is 336 g/mol. The van der Waals surface area contributed by atoms with Crippen LogP contribution < -0.4 is 10.6 Å². The van der Waals surface area contributed by atoms with Crippen LogP contribution in [-0.2, 0) is 11.3 Å². The van der Waals surface area contributed by atoms with Gasteiger partial charge < -0.3 is 10.6 Å². The number of hydrogen-bond acceptors (Lipinski definition) is 2.